The highest BCUT2D eigenvalue weighted by atomic mass is 16.5. The minimum absolute atomic E-state index is 0.0888. The molecular formula is C23H25N3O5. The predicted octanol–water partition coefficient (Wildman–Crippen LogP) is 2.29. The molecule has 1 unspecified atom stereocenters. The van der Waals surface area contributed by atoms with Gasteiger partial charge in [0.15, 0.2) is 11.5 Å². The topological polar surface area (TPSA) is 102 Å². The van der Waals surface area contributed by atoms with E-state index in [1.165, 1.54) is 0 Å². The number of amides is 1. The molecule has 1 heterocycles. The molecule has 0 saturated carbocycles. The molecule has 1 amide bonds. The van der Waals surface area contributed by atoms with E-state index in [0.29, 0.717) is 28.8 Å². The number of carbonyl (C=O) groups is 1. The van der Waals surface area contributed by atoms with Gasteiger partial charge in [-0.1, -0.05) is 12.1 Å². The molecule has 8 heteroatoms. The van der Waals surface area contributed by atoms with Gasteiger partial charge in [0.1, 0.15) is 0 Å². The molecule has 2 aromatic carbocycles. The van der Waals surface area contributed by atoms with E-state index in [2.05, 4.69) is 10.3 Å². The summed E-state index contributed by atoms with van der Waals surface area (Å²) >= 11 is 0. The lowest BCUT2D eigenvalue weighted by atomic mass is 10.1. The molecule has 0 fully saturated rings. The number of rotatable bonds is 7. The van der Waals surface area contributed by atoms with Crippen LogP contribution in [0.1, 0.15) is 36.4 Å². The Labute approximate surface area is 178 Å². The Balaban J connectivity index is 1.40. The average molecular weight is 423 g/mol. The van der Waals surface area contributed by atoms with E-state index >= 15 is 0 Å². The van der Waals surface area contributed by atoms with E-state index in [9.17, 15) is 14.4 Å². The normalized spacial score (nSPS) is 15.0. The first kappa shape index (κ1) is 20.7. The second kappa shape index (κ2) is 8.67. The van der Waals surface area contributed by atoms with Gasteiger partial charge in [0.2, 0.25) is 5.91 Å². The standard InChI is InChI=1S/C23H25N3O5/c1-30-19-12-14-9-10-18(16(14)13-20(19)31-2)24-21(27)8-5-11-26-22(28)15-6-3-4-7-17(15)25-23(26)29/h3-4,6-7,12-13,18H,5,8-11H2,1-2H3,(H,24,27)(H,25,29). The zero-order valence-electron chi connectivity index (χ0n) is 17.6. The van der Waals surface area contributed by atoms with Crippen LogP contribution in [0.25, 0.3) is 10.9 Å². The summed E-state index contributed by atoms with van der Waals surface area (Å²) in [5.41, 5.74) is 1.88. The van der Waals surface area contributed by atoms with Crippen LogP contribution in [0.2, 0.25) is 0 Å². The molecule has 2 N–H and O–H groups in total. The summed E-state index contributed by atoms with van der Waals surface area (Å²) in [6.45, 7) is 0.179. The van der Waals surface area contributed by atoms with Crippen LogP contribution < -0.4 is 26.0 Å². The average Bonchev–Trinajstić information content (AvgIpc) is 3.16. The van der Waals surface area contributed by atoms with E-state index in [4.69, 9.17) is 9.47 Å². The van der Waals surface area contributed by atoms with Crippen molar-refractivity contribution in [2.24, 2.45) is 0 Å². The van der Waals surface area contributed by atoms with E-state index < -0.39 is 5.69 Å². The summed E-state index contributed by atoms with van der Waals surface area (Å²) in [7, 11) is 3.19. The van der Waals surface area contributed by atoms with Crippen molar-refractivity contribution in [1.29, 1.82) is 0 Å². The van der Waals surface area contributed by atoms with Crippen LogP contribution in [0.5, 0.6) is 11.5 Å². The molecule has 0 spiro atoms. The quantitative estimate of drug-likeness (QED) is 0.607. The summed E-state index contributed by atoms with van der Waals surface area (Å²) in [6.07, 6.45) is 2.26. The first-order chi connectivity index (χ1) is 15.0. The lowest BCUT2D eigenvalue weighted by molar-refractivity contribution is -0.122. The number of para-hydroxylation sites is 1. The molecule has 8 nitrogen and oxygen atoms in total. The molecule has 0 radical (unpaired) electrons. The van der Waals surface area contributed by atoms with Crippen molar-refractivity contribution in [3.63, 3.8) is 0 Å². The van der Waals surface area contributed by atoms with Gasteiger partial charge in [-0.25, -0.2) is 4.79 Å². The fraction of sp³-hybridized carbons (Fsp3) is 0.348. The van der Waals surface area contributed by atoms with Gasteiger partial charge in [-0.2, -0.15) is 0 Å². The van der Waals surface area contributed by atoms with Crippen LogP contribution in [-0.4, -0.2) is 29.7 Å². The lowest BCUT2D eigenvalue weighted by Gasteiger charge is -2.16. The number of methoxy groups -OCH3 is 2. The van der Waals surface area contributed by atoms with Gasteiger partial charge in [-0.05, 0) is 54.7 Å². The van der Waals surface area contributed by atoms with Gasteiger partial charge in [-0.15, -0.1) is 0 Å². The third-order valence-corrected chi connectivity index (χ3v) is 5.73. The molecular weight excluding hydrogens is 398 g/mol. The SMILES string of the molecule is COc1cc2c(cc1OC)C(NC(=O)CCCn1c(=O)[nH]c3ccccc3c1=O)CC2. The van der Waals surface area contributed by atoms with Gasteiger partial charge in [-0.3, -0.25) is 14.2 Å². The van der Waals surface area contributed by atoms with Crippen LogP contribution in [0.4, 0.5) is 0 Å². The molecule has 1 aliphatic carbocycles. The van der Waals surface area contributed by atoms with Crippen molar-refractivity contribution >= 4 is 16.8 Å². The van der Waals surface area contributed by atoms with Crippen molar-refractivity contribution < 1.29 is 14.3 Å². The minimum atomic E-state index is -0.463. The number of aryl methyl sites for hydroxylation is 1. The number of hydrogen-bond acceptors (Lipinski definition) is 5. The Morgan fingerprint density at radius 1 is 1.16 bits per heavy atom. The highest BCUT2D eigenvalue weighted by Gasteiger charge is 2.26. The van der Waals surface area contributed by atoms with E-state index in [-0.39, 0.29) is 30.5 Å². The third kappa shape index (κ3) is 4.05. The molecule has 31 heavy (non-hydrogen) atoms. The Morgan fingerprint density at radius 2 is 1.90 bits per heavy atom. The summed E-state index contributed by atoms with van der Waals surface area (Å²) in [5.74, 6) is 1.20. The van der Waals surface area contributed by atoms with Gasteiger partial charge >= 0.3 is 5.69 Å². The Kier molecular flexibility index (Phi) is 5.79. The van der Waals surface area contributed by atoms with Gasteiger partial charge < -0.3 is 19.8 Å². The predicted molar refractivity (Wildman–Crippen MR) is 117 cm³/mol. The van der Waals surface area contributed by atoms with Crippen LogP contribution in [0.15, 0.2) is 46.0 Å². The fourth-order valence-corrected chi connectivity index (χ4v) is 4.15. The molecule has 3 aromatic rings. The number of hydrogen-bond donors (Lipinski definition) is 2. The zero-order valence-corrected chi connectivity index (χ0v) is 17.6. The number of benzene rings is 2. The van der Waals surface area contributed by atoms with Crippen molar-refractivity contribution in [3.8, 4) is 11.5 Å². The number of aromatic amines is 1. The van der Waals surface area contributed by atoms with Crippen molar-refractivity contribution in [2.75, 3.05) is 14.2 Å². The Hall–Kier alpha value is -3.55. The summed E-state index contributed by atoms with van der Waals surface area (Å²) in [6, 6.07) is 10.7. The van der Waals surface area contributed by atoms with Crippen LogP contribution in [0.3, 0.4) is 0 Å². The van der Waals surface area contributed by atoms with E-state index in [0.717, 1.165) is 28.5 Å². The summed E-state index contributed by atoms with van der Waals surface area (Å²) in [4.78, 5) is 40.0. The maximum atomic E-state index is 12.6. The number of carbonyl (C=O) groups excluding carboxylic acids is 1. The number of aromatic nitrogens is 2. The Bertz CT molecular complexity index is 1240. The number of nitrogens with one attached hydrogen (secondary N) is 2. The molecule has 162 valence electrons. The summed E-state index contributed by atoms with van der Waals surface area (Å²) < 4.78 is 11.9. The number of H-pyrrole nitrogens is 1. The van der Waals surface area contributed by atoms with Crippen molar-refractivity contribution in [3.05, 3.63) is 68.4 Å². The zero-order chi connectivity index (χ0) is 22.0. The van der Waals surface area contributed by atoms with E-state index in [1.54, 1.807) is 38.5 Å². The van der Waals surface area contributed by atoms with Gasteiger partial charge in [0.25, 0.3) is 5.56 Å². The van der Waals surface area contributed by atoms with E-state index in [1.807, 2.05) is 12.1 Å². The second-order valence-electron chi connectivity index (χ2n) is 7.60. The van der Waals surface area contributed by atoms with Gasteiger partial charge in [0.05, 0.1) is 31.2 Å². The third-order valence-electron chi connectivity index (χ3n) is 5.73. The monoisotopic (exact) mass is 423 g/mol. The van der Waals surface area contributed by atoms with Crippen molar-refractivity contribution in [1.82, 2.24) is 14.9 Å². The molecule has 1 aliphatic rings. The van der Waals surface area contributed by atoms with Crippen LogP contribution in [-0.2, 0) is 17.8 Å². The smallest absolute Gasteiger partial charge is 0.328 e. The summed E-state index contributed by atoms with van der Waals surface area (Å²) in [5, 5.41) is 3.52. The lowest BCUT2D eigenvalue weighted by Crippen LogP contribution is -2.35. The largest absolute Gasteiger partial charge is 0.493 e. The fourth-order valence-electron chi connectivity index (χ4n) is 4.15. The van der Waals surface area contributed by atoms with Crippen LogP contribution in [0, 0.1) is 0 Å². The minimum Gasteiger partial charge on any atom is -0.493 e. The first-order valence-electron chi connectivity index (χ1n) is 10.3. The maximum Gasteiger partial charge on any atom is 0.328 e. The molecule has 1 atom stereocenters. The molecule has 0 saturated heterocycles. The molecule has 0 aliphatic heterocycles. The number of ether oxygens (including phenoxy) is 2. The van der Waals surface area contributed by atoms with Crippen LogP contribution >= 0.6 is 0 Å². The second-order valence-corrected chi connectivity index (χ2v) is 7.60. The maximum absolute atomic E-state index is 12.6. The first-order valence-corrected chi connectivity index (χ1v) is 10.3. The molecule has 0 bridgehead atoms. The van der Waals surface area contributed by atoms with Crippen molar-refractivity contribution in [2.45, 2.75) is 38.3 Å². The molecule has 1 aromatic heterocycles. The Morgan fingerprint density at radius 3 is 2.68 bits per heavy atom. The highest BCUT2D eigenvalue weighted by Crippen LogP contribution is 2.39. The highest BCUT2D eigenvalue weighted by molar-refractivity contribution is 5.77. The number of fused-ring (bicyclic) bond motifs is 2. The van der Waals surface area contributed by atoms with Gasteiger partial charge in [0, 0.05) is 13.0 Å². The number of nitrogens with zero attached hydrogens (tertiary/aromatic N) is 1. The molecule has 4 rings (SSSR count).